The Morgan fingerprint density at radius 2 is 2.03 bits per heavy atom. The summed E-state index contributed by atoms with van der Waals surface area (Å²) in [5.41, 5.74) is 5.58. The molecule has 1 heterocycles. The highest BCUT2D eigenvalue weighted by molar-refractivity contribution is 14.1. The van der Waals surface area contributed by atoms with E-state index in [1.54, 1.807) is 13.2 Å². The summed E-state index contributed by atoms with van der Waals surface area (Å²) >= 11 is 2.16. The molecule has 1 aromatic heterocycles. The minimum absolute atomic E-state index is 0.00953. The molecule has 0 unspecified atom stereocenters. The summed E-state index contributed by atoms with van der Waals surface area (Å²) in [4.78, 5) is 22.8. The van der Waals surface area contributed by atoms with Crippen LogP contribution in [0.15, 0.2) is 70.2 Å². The average molecular weight is 585 g/mol. The molecule has 0 saturated heterocycles. The minimum atomic E-state index is -0.583. The number of ether oxygens (including phenoxy) is 2. The fraction of sp³-hybridized carbons (Fsp3) is 0.120. The molecule has 0 aliphatic carbocycles. The zero-order valence-electron chi connectivity index (χ0n) is 18.8. The lowest BCUT2D eigenvalue weighted by Crippen LogP contribution is -2.16. The lowest BCUT2D eigenvalue weighted by Gasteiger charge is -2.14. The molecule has 4 aromatic rings. The zero-order valence-corrected chi connectivity index (χ0v) is 20.9. The second-order valence-electron chi connectivity index (χ2n) is 7.60. The number of nitrogens with one attached hydrogen (secondary N) is 1. The number of nitrogens with zero attached hydrogens (tertiary/aromatic N) is 2. The van der Waals surface area contributed by atoms with Gasteiger partial charge in [-0.3, -0.25) is 14.9 Å². The van der Waals surface area contributed by atoms with Crippen LogP contribution in [0.4, 0.5) is 5.69 Å². The summed E-state index contributed by atoms with van der Waals surface area (Å²) in [5, 5.41) is 15.4. The van der Waals surface area contributed by atoms with Crippen LogP contribution in [0.25, 0.3) is 11.0 Å². The summed E-state index contributed by atoms with van der Waals surface area (Å²) in [6, 6.07) is 17.2. The van der Waals surface area contributed by atoms with Gasteiger partial charge >= 0.3 is 5.91 Å². The molecule has 3 aromatic carbocycles. The standard InChI is InChI=1S/C25H20IN3O6/c1-15-4-3-5-16(8-15)14-34-24-20(26)9-17(10-22(24)33-2)13-27-28-25(30)23-12-18-11-19(29(31)32)6-7-21(18)35-23/h3-13H,14H2,1-2H3,(H,28,30)/b27-13+. The smallest absolute Gasteiger partial charge is 0.307 e. The van der Waals surface area contributed by atoms with Crippen LogP contribution in [-0.4, -0.2) is 24.2 Å². The molecule has 1 N–H and O–H groups in total. The molecule has 35 heavy (non-hydrogen) atoms. The second kappa shape index (κ2) is 10.6. The lowest BCUT2D eigenvalue weighted by molar-refractivity contribution is -0.384. The van der Waals surface area contributed by atoms with Crippen LogP contribution < -0.4 is 14.9 Å². The molecule has 0 fully saturated rings. The van der Waals surface area contributed by atoms with E-state index >= 15 is 0 Å². The first-order valence-corrected chi connectivity index (χ1v) is 11.5. The van der Waals surface area contributed by atoms with Gasteiger partial charge in [0.1, 0.15) is 12.2 Å². The van der Waals surface area contributed by atoms with Crippen LogP contribution in [0.3, 0.4) is 0 Å². The molecule has 9 nitrogen and oxygen atoms in total. The maximum atomic E-state index is 12.4. The average Bonchev–Trinajstić information content (AvgIpc) is 3.26. The Labute approximate surface area is 214 Å². The zero-order chi connectivity index (χ0) is 24.9. The molecule has 10 heteroatoms. The maximum absolute atomic E-state index is 12.4. The Morgan fingerprint density at radius 3 is 2.77 bits per heavy atom. The number of nitro groups is 1. The number of hydrogen-bond acceptors (Lipinski definition) is 7. The van der Waals surface area contributed by atoms with Crippen molar-refractivity contribution in [3.63, 3.8) is 0 Å². The molecule has 0 saturated carbocycles. The Morgan fingerprint density at radius 1 is 1.20 bits per heavy atom. The van der Waals surface area contributed by atoms with Crippen LogP contribution in [0.1, 0.15) is 27.2 Å². The monoisotopic (exact) mass is 585 g/mol. The van der Waals surface area contributed by atoms with E-state index in [0.717, 1.165) is 14.7 Å². The van der Waals surface area contributed by atoms with E-state index in [9.17, 15) is 14.9 Å². The molecule has 4 rings (SSSR count). The van der Waals surface area contributed by atoms with Crippen molar-refractivity contribution in [1.29, 1.82) is 0 Å². The predicted molar refractivity (Wildman–Crippen MR) is 139 cm³/mol. The van der Waals surface area contributed by atoms with Gasteiger partial charge in [-0.2, -0.15) is 5.10 Å². The number of hydrogen-bond donors (Lipinski definition) is 1. The topological polar surface area (TPSA) is 116 Å². The number of aryl methyl sites for hydroxylation is 1. The van der Waals surface area contributed by atoms with E-state index in [4.69, 9.17) is 13.9 Å². The van der Waals surface area contributed by atoms with Crippen LogP contribution in [0.2, 0.25) is 0 Å². The fourth-order valence-electron chi connectivity index (χ4n) is 3.39. The highest BCUT2D eigenvalue weighted by atomic mass is 127. The van der Waals surface area contributed by atoms with Gasteiger partial charge < -0.3 is 13.9 Å². The Kier molecular flexibility index (Phi) is 7.30. The van der Waals surface area contributed by atoms with E-state index < -0.39 is 10.8 Å². The molecular weight excluding hydrogens is 565 g/mol. The molecule has 178 valence electrons. The van der Waals surface area contributed by atoms with Crippen molar-refractivity contribution in [2.75, 3.05) is 7.11 Å². The number of non-ortho nitro benzene ring substituents is 1. The SMILES string of the molecule is COc1cc(/C=N/NC(=O)c2cc3cc([N+](=O)[O-])ccc3o2)cc(I)c1OCc1cccc(C)c1. The van der Waals surface area contributed by atoms with Crippen molar-refractivity contribution in [3.05, 3.63) is 96.8 Å². The highest BCUT2D eigenvalue weighted by Crippen LogP contribution is 2.34. The van der Waals surface area contributed by atoms with E-state index in [1.807, 2.05) is 31.2 Å². The predicted octanol–water partition coefficient (Wildman–Crippen LogP) is 5.61. The van der Waals surface area contributed by atoms with E-state index in [2.05, 4.69) is 39.2 Å². The molecule has 0 spiro atoms. The Bertz CT molecular complexity index is 1450. The first-order valence-electron chi connectivity index (χ1n) is 10.4. The Hall–Kier alpha value is -3.93. The number of benzene rings is 3. The maximum Gasteiger partial charge on any atom is 0.307 e. The summed E-state index contributed by atoms with van der Waals surface area (Å²) < 4.78 is 17.8. The second-order valence-corrected chi connectivity index (χ2v) is 8.76. The molecule has 0 radical (unpaired) electrons. The third-order valence-electron chi connectivity index (χ3n) is 5.03. The summed E-state index contributed by atoms with van der Waals surface area (Å²) in [5.74, 6) is 0.563. The van der Waals surface area contributed by atoms with Gasteiger partial charge in [0.05, 0.1) is 21.8 Å². The third kappa shape index (κ3) is 5.77. The number of methoxy groups -OCH3 is 1. The minimum Gasteiger partial charge on any atom is -0.493 e. The molecule has 0 bridgehead atoms. The number of carbonyl (C=O) groups is 1. The van der Waals surface area contributed by atoms with E-state index in [0.29, 0.717) is 34.6 Å². The molecular formula is C25H20IN3O6. The van der Waals surface area contributed by atoms with Gasteiger partial charge in [-0.05, 0) is 64.9 Å². The number of rotatable bonds is 8. The van der Waals surface area contributed by atoms with Gasteiger partial charge in [0, 0.05) is 17.5 Å². The van der Waals surface area contributed by atoms with E-state index in [1.165, 1.54) is 30.5 Å². The van der Waals surface area contributed by atoms with Crippen LogP contribution >= 0.6 is 22.6 Å². The fourth-order valence-corrected chi connectivity index (χ4v) is 4.17. The number of amides is 1. The summed E-state index contributed by atoms with van der Waals surface area (Å²) in [6.45, 7) is 2.43. The molecule has 1 amide bonds. The highest BCUT2D eigenvalue weighted by Gasteiger charge is 2.15. The number of furan rings is 1. The largest absolute Gasteiger partial charge is 0.493 e. The number of hydrazone groups is 1. The first-order chi connectivity index (χ1) is 16.8. The van der Waals surface area contributed by atoms with Crippen molar-refractivity contribution in [1.82, 2.24) is 5.43 Å². The molecule has 0 aliphatic rings. The molecule has 0 aliphatic heterocycles. The van der Waals surface area contributed by atoms with Crippen molar-refractivity contribution >= 4 is 51.4 Å². The lowest BCUT2D eigenvalue weighted by atomic mass is 10.1. The normalized spacial score (nSPS) is 11.1. The van der Waals surface area contributed by atoms with Crippen molar-refractivity contribution in [2.45, 2.75) is 13.5 Å². The van der Waals surface area contributed by atoms with Crippen LogP contribution in [0, 0.1) is 20.6 Å². The van der Waals surface area contributed by atoms with Crippen molar-refractivity contribution < 1.29 is 23.6 Å². The Balaban J connectivity index is 1.44. The summed E-state index contributed by atoms with van der Waals surface area (Å²) in [7, 11) is 1.56. The molecule has 0 atom stereocenters. The quantitative estimate of drug-likeness (QED) is 0.125. The third-order valence-corrected chi connectivity index (χ3v) is 5.83. The van der Waals surface area contributed by atoms with Gasteiger partial charge in [0.25, 0.3) is 5.69 Å². The number of halogens is 1. The number of fused-ring (bicyclic) bond motifs is 1. The first kappa shape index (κ1) is 24.2. The van der Waals surface area contributed by atoms with E-state index in [-0.39, 0.29) is 11.4 Å². The van der Waals surface area contributed by atoms with Gasteiger partial charge in [0.2, 0.25) is 0 Å². The van der Waals surface area contributed by atoms with Gasteiger partial charge in [0.15, 0.2) is 17.3 Å². The van der Waals surface area contributed by atoms with Gasteiger partial charge in [-0.1, -0.05) is 29.8 Å². The van der Waals surface area contributed by atoms with Crippen LogP contribution in [0.5, 0.6) is 11.5 Å². The van der Waals surface area contributed by atoms with Crippen LogP contribution in [-0.2, 0) is 6.61 Å². The van der Waals surface area contributed by atoms with Crippen molar-refractivity contribution in [2.24, 2.45) is 5.10 Å². The number of nitro benzene ring substituents is 1. The van der Waals surface area contributed by atoms with Crippen molar-refractivity contribution in [3.8, 4) is 11.5 Å². The summed E-state index contributed by atoms with van der Waals surface area (Å²) in [6.07, 6.45) is 1.47. The number of carbonyl (C=O) groups excluding carboxylic acids is 1. The van der Waals surface area contributed by atoms with Gasteiger partial charge in [-0.15, -0.1) is 0 Å². The van der Waals surface area contributed by atoms with Gasteiger partial charge in [-0.25, -0.2) is 5.43 Å².